The lowest BCUT2D eigenvalue weighted by Gasteiger charge is -2.36. The van der Waals surface area contributed by atoms with Crippen molar-refractivity contribution in [2.75, 3.05) is 26.3 Å². The van der Waals surface area contributed by atoms with E-state index in [4.69, 9.17) is 9.47 Å². The summed E-state index contributed by atoms with van der Waals surface area (Å²) in [5.74, 6) is -2.60. The summed E-state index contributed by atoms with van der Waals surface area (Å²) in [6.07, 6.45) is 5.63. The highest BCUT2D eigenvalue weighted by Crippen LogP contribution is 2.58. The first-order chi connectivity index (χ1) is 19.0. The van der Waals surface area contributed by atoms with Crippen LogP contribution in [-0.4, -0.2) is 91.7 Å². The van der Waals surface area contributed by atoms with Gasteiger partial charge in [0.25, 0.3) is 0 Å². The van der Waals surface area contributed by atoms with E-state index in [0.717, 1.165) is 5.52 Å². The number of ether oxygens (including phenoxy) is 2. The molecule has 3 aliphatic rings. The number of esters is 1. The van der Waals surface area contributed by atoms with Crippen LogP contribution in [0.5, 0.6) is 0 Å². The van der Waals surface area contributed by atoms with Gasteiger partial charge in [0.05, 0.1) is 23.5 Å². The van der Waals surface area contributed by atoms with Gasteiger partial charge in [-0.25, -0.2) is 4.68 Å². The van der Waals surface area contributed by atoms with Gasteiger partial charge in [0.1, 0.15) is 30.4 Å². The highest BCUT2D eigenvalue weighted by atomic mass is 16.6. The Bertz CT molecular complexity index is 1260. The summed E-state index contributed by atoms with van der Waals surface area (Å²) in [7, 11) is 0. The number of nitrogens with zero attached hydrogens (tertiary/aromatic N) is 5. The smallest absolute Gasteiger partial charge is 0.312 e. The third-order valence-electron chi connectivity index (χ3n) is 8.09. The maximum absolute atomic E-state index is 14.4. The number of carbonyl (C=O) groups is 3. The lowest BCUT2D eigenvalue weighted by atomic mass is 9.70. The van der Waals surface area contributed by atoms with E-state index in [-0.39, 0.29) is 38.2 Å². The summed E-state index contributed by atoms with van der Waals surface area (Å²) < 4.78 is 13.5. The molecule has 1 aromatic carbocycles. The van der Waals surface area contributed by atoms with Crippen LogP contribution in [0.1, 0.15) is 32.1 Å². The number of unbranched alkanes of at least 4 members (excludes halogenated alkanes) is 2. The highest BCUT2D eigenvalue weighted by Gasteiger charge is 2.75. The van der Waals surface area contributed by atoms with Crippen molar-refractivity contribution >= 4 is 28.8 Å². The van der Waals surface area contributed by atoms with Crippen molar-refractivity contribution in [3.05, 3.63) is 49.6 Å². The predicted octanol–water partition coefficient (Wildman–Crippen LogP) is 1.67. The lowest BCUT2D eigenvalue weighted by Crippen LogP contribution is -2.56. The molecule has 3 aliphatic heterocycles. The van der Waals surface area contributed by atoms with E-state index in [9.17, 15) is 19.5 Å². The number of likely N-dealkylation sites (tertiary alicyclic amines) is 1. The van der Waals surface area contributed by atoms with E-state index in [1.54, 1.807) is 20.6 Å². The molecule has 0 saturated carbocycles. The molecule has 3 saturated heterocycles. The first-order valence-corrected chi connectivity index (χ1v) is 13.5. The van der Waals surface area contributed by atoms with Crippen molar-refractivity contribution in [2.24, 2.45) is 11.8 Å². The molecule has 1 N–H and O–H groups in total. The Morgan fingerprint density at radius 3 is 2.82 bits per heavy atom. The number of rotatable bonds is 13. The molecule has 0 radical (unpaired) electrons. The van der Waals surface area contributed by atoms with E-state index >= 15 is 0 Å². The Kier molecular flexibility index (Phi) is 7.81. The first kappa shape index (κ1) is 27.0. The molecule has 5 atom stereocenters. The van der Waals surface area contributed by atoms with Crippen molar-refractivity contribution in [1.82, 2.24) is 24.8 Å². The average Bonchev–Trinajstić information content (AvgIpc) is 3.69. The van der Waals surface area contributed by atoms with Gasteiger partial charge in [0, 0.05) is 19.7 Å². The van der Waals surface area contributed by atoms with Crippen LogP contribution < -0.4 is 0 Å². The number of aliphatic hydroxyl groups excluding tert-OH is 1. The molecule has 2 amide bonds. The first-order valence-electron chi connectivity index (χ1n) is 13.5. The molecule has 1 aromatic heterocycles. The van der Waals surface area contributed by atoms with Crippen molar-refractivity contribution in [3.63, 3.8) is 0 Å². The predicted molar refractivity (Wildman–Crippen MR) is 141 cm³/mol. The molecule has 2 unspecified atom stereocenters. The molecule has 11 heteroatoms. The molecule has 2 bridgehead atoms. The zero-order chi connectivity index (χ0) is 27.6. The van der Waals surface area contributed by atoms with E-state index in [0.29, 0.717) is 44.2 Å². The van der Waals surface area contributed by atoms with Gasteiger partial charge in [0.15, 0.2) is 0 Å². The maximum Gasteiger partial charge on any atom is 0.312 e. The molecule has 0 aliphatic carbocycles. The van der Waals surface area contributed by atoms with E-state index < -0.39 is 35.6 Å². The monoisotopic (exact) mass is 537 g/mol. The quantitative estimate of drug-likeness (QED) is 0.232. The number of para-hydroxylation sites is 1. The molecule has 208 valence electrons. The van der Waals surface area contributed by atoms with Crippen molar-refractivity contribution in [2.45, 2.75) is 56.5 Å². The molecule has 3 fully saturated rings. The Balaban J connectivity index is 1.48. The minimum atomic E-state index is -1.11. The largest absolute Gasteiger partial charge is 0.461 e. The summed E-state index contributed by atoms with van der Waals surface area (Å²) in [4.78, 5) is 44.6. The van der Waals surface area contributed by atoms with Crippen LogP contribution in [0.15, 0.2) is 49.6 Å². The molecule has 2 aromatic rings. The minimum absolute atomic E-state index is 0.0438. The van der Waals surface area contributed by atoms with Crippen molar-refractivity contribution in [3.8, 4) is 0 Å². The van der Waals surface area contributed by atoms with Crippen molar-refractivity contribution < 1.29 is 29.0 Å². The molecule has 39 heavy (non-hydrogen) atoms. The van der Waals surface area contributed by atoms with Gasteiger partial charge in [0.2, 0.25) is 11.8 Å². The number of benzene rings is 1. The van der Waals surface area contributed by atoms with Gasteiger partial charge >= 0.3 is 5.97 Å². The Labute approximate surface area is 227 Å². The number of aliphatic hydroxyl groups is 1. The second-order valence-electron chi connectivity index (χ2n) is 10.4. The van der Waals surface area contributed by atoms with E-state index in [1.807, 2.05) is 24.3 Å². The minimum Gasteiger partial charge on any atom is -0.461 e. The molecule has 1 spiro atoms. The third-order valence-corrected chi connectivity index (χ3v) is 8.09. The number of carbonyl (C=O) groups excluding carboxylic acids is 3. The second kappa shape index (κ2) is 11.3. The molecule has 11 nitrogen and oxygen atoms in total. The molecule has 5 rings (SSSR count). The summed E-state index contributed by atoms with van der Waals surface area (Å²) >= 11 is 0. The van der Waals surface area contributed by atoms with Crippen LogP contribution >= 0.6 is 0 Å². The summed E-state index contributed by atoms with van der Waals surface area (Å²) in [5, 5.41) is 17.7. The summed E-state index contributed by atoms with van der Waals surface area (Å²) in [6, 6.07) is 6.58. The van der Waals surface area contributed by atoms with Crippen LogP contribution in [0, 0.1) is 11.8 Å². The number of hydrogen-bond acceptors (Lipinski definition) is 8. The van der Waals surface area contributed by atoms with Gasteiger partial charge in [-0.2, -0.15) is 0 Å². The maximum atomic E-state index is 14.4. The second-order valence-corrected chi connectivity index (χ2v) is 10.4. The normalized spacial score (nSPS) is 27.1. The summed E-state index contributed by atoms with van der Waals surface area (Å²) in [5.41, 5.74) is 0.376. The fourth-order valence-corrected chi connectivity index (χ4v) is 6.48. The van der Waals surface area contributed by atoms with Crippen LogP contribution in [0.4, 0.5) is 0 Å². The fraction of sp³-hybridized carbons (Fsp3) is 0.536. The molecular formula is C28H35N5O6. The average molecular weight is 538 g/mol. The highest BCUT2D eigenvalue weighted by molar-refractivity contribution is 5.98. The SMILES string of the molecule is C=CCOC(=O)[C@@H]1[C@@H]2CCC3(O2)C(C(=O)N(CC=C)Cn2nnc4ccccc42)N(CCCCCO)C(=O)[C@H]13. The van der Waals surface area contributed by atoms with Crippen LogP contribution in [0.3, 0.4) is 0 Å². The van der Waals surface area contributed by atoms with E-state index in [1.165, 1.54) is 6.08 Å². The number of amides is 2. The zero-order valence-corrected chi connectivity index (χ0v) is 22.0. The van der Waals surface area contributed by atoms with Gasteiger partial charge < -0.3 is 24.4 Å². The van der Waals surface area contributed by atoms with Gasteiger partial charge in [-0.3, -0.25) is 14.4 Å². The van der Waals surface area contributed by atoms with Crippen LogP contribution in [0.2, 0.25) is 0 Å². The Morgan fingerprint density at radius 1 is 1.23 bits per heavy atom. The summed E-state index contributed by atoms with van der Waals surface area (Å²) in [6.45, 7) is 8.20. The topological polar surface area (TPSA) is 127 Å². The van der Waals surface area contributed by atoms with Crippen LogP contribution in [0.25, 0.3) is 11.0 Å². The fourth-order valence-electron chi connectivity index (χ4n) is 6.48. The molecule has 4 heterocycles. The zero-order valence-electron chi connectivity index (χ0n) is 22.0. The number of hydrogen-bond donors (Lipinski definition) is 1. The molecular weight excluding hydrogens is 502 g/mol. The van der Waals surface area contributed by atoms with Gasteiger partial charge in [-0.05, 0) is 44.2 Å². The van der Waals surface area contributed by atoms with E-state index in [2.05, 4.69) is 23.5 Å². The third kappa shape index (κ3) is 4.63. The van der Waals surface area contributed by atoms with Crippen LogP contribution in [-0.2, 0) is 30.5 Å². The standard InChI is InChI=1S/C28H35N5O6/c1-3-14-31(18-33-20-11-7-6-10-19(20)29-30-33)26(36)24-28-13-12-21(39-28)22(27(37)38-17-4-2)23(28)25(35)32(24)15-8-5-9-16-34/h3-4,6-7,10-11,21-24,34H,1-2,5,8-9,12-18H2/t21-,22+,23-,24?,28?/m0/s1. The Morgan fingerprint density at radius 2 is 2.05 bits per heavy atom. The number of fused-ring (bicyclic) bond motifs is 2. The van der Waals surface area contributed by atoms with Gasteiger partial charge in [-0.15, -0.1) is 11.7 Å². The van der Waals surface area contributed by atoms with Crippen molar-refractivity contribution in [1.29, 1.82) is 0 Å². The van der Waals surface area contributed by atoms with Gasteiger partial charge in [-0.1, -0.05) is 36.1 Å². The Hall–Kier alpha value is -3.57. The number of aromatic nitrogens is 3. The lowest BCUT2D eigenvalue weighted by molar-refractivity contribution is -0.154.